The zero-order valence-corrected chi connectivity index (χ0v) is 17.5. The highest BCUT2D eigenvalue weighted by Gasteiger charge is 2.34. The molecule has 0 unspecified atom stereocenters. The maximum atomic E-state index is 13.4. The molecule has 138 valence electrons. The third-order valence-corrected chi connectivity index (χ3v) is 6.28. The summed E-state index contributed by atoms with van der Waals surface area (Å²) in [6, 6.07) is 12.8. The van der Waals surface area contributed by atoms with Gasteiger partial charge in [0.15, 0.2) is 0 Å². The number of halogens is 3. The van der Waals surface area contributed by atoms with E-state index in [-0.39, 0.29) is 17.3 Å². The van der Waals surface area contributed by atoms with Crippen LogP contribution in [0.5, 0.6) is 0 Å². The molecule has 0 heterocycles. The second-order valence-electron chi connectivity index (χ2n) is 6.76. The molecule has 0 radical (unpaired) electrons. The van der Waals surface area contributed by atoms with Crippen LogP contribution in [0.1, 0.15) is 37.7 Å². The first-order chi connectivity index (χ1) is 12.5. The zero-order valence-electron chi connectivity index (χ0n) is 14.3. The Morgan fingerprint density at radius 2 is 1.65 bits per heavy atom. The molecular formula is C20H21Br2FN2O. The number of benzene rings is 2. The van der Waals surface area contributed by atoms with Gasteiger partial charge in [-0.15, -0.1) is 0 Å². The number of hydrogen-bond acceptors (Lipinski definition) is 1. The molecule has 2 aromatic rings. The lowest BCUT2D eigenvalue weighted by Crippen LogP contribution is -2.43. The summed E-state index contributed by atoms with van der Waals surface area (Å²) >= 11 is 6.58. The molecule has 2 aromatic carbocycles. The minimum atomic E-state index is -0.375. The van der Waals surface area contributed by atoms with Gasteiger partial charge in [-0.1, -0.05) is 49.6 Å². The standard InChI is InChI=1S/C20H21Br2FN2O/c21-16-11-15(23)12-17(22)18(16)25-19(26)24-13-20(9-5-2-6-10-20)14-7-3-1-4-8-14/h1,3-4,7-8,11-12H,2,5-6,9-10,13H2,(H2,24,25,26). The van der Waals surface area contributed by atoms with Gasteiger partial charge in [-0.3, -0.25) is 0 Å². The van der Waals surface area contributed by atoms with Gasteiger partial charge in [0, 0.05) is 20.9 Å². The second kappa shape index (κ2) is 8.53. The Balaban J connectivity index is 1.71. The van der Waals surface area contributed by atoms with Crippen LogP contribution in [0.3, 0.4) is 0 Å². The molecule has 1 fully saturated rings. The lowest BCUT2D eigenvalue weighted by atomic mass is 9.69. The number of amides is 2. The fourth-order valence-electron chi connectivity index (χ4n) is 3.66. The maximum Gasteiger partial charge on any atom is 0.319 e. The Hall–Kier alpha value is -1.40. The van der Waals surface area contributed by atoms with Crippen LogP contribution in [0.2, 0.25) is 0 Å². The van der Waals surface area contributed by atoms with E-state index in [4.69, 9.17) is 0 Å². The van der Waals surface area contributed by atoms with Gasteiger partial charge in [0.1, 0.15) is 5.82 Å². The fourth-order valence-corrected chi connectivity index (χ4v) is 4.99. The smallest absolute Gasteiger partial charge is 0.319 e. The van der Waals surface area contributed by atoms with Crippen molar-refractivity contribution in [3.63, 3.8) is 0 Å². The fraction of sp³-hybridized carbons (Fsp3) is 0.350. The van der Waals surface area contributed by atoms with Crippen LogP contribution in [-0.4, -0.2) is 12.6 Å². The monoisotopic (exact) mass is 482 g/mol. The number of carbonyl (C=O) groups excluding carboxylic acids is 1. The van der Waals surface area contributed by atoms with Crippen molar-refractivity contribution in [2.24, 2.45) is 0 Å². The molecule has 2 amide bonds. The van der Waals surface area contributed by atoms with Gasteiger partial charge in [0.2, 0.25) is 0 Å². The summed E-state index contributed by atoms with van der Waals surface area (Å²) in [4.78, 5) is 12.5. The normalized spacial score (nSPS) is 16.1. The van der Waals surface area contributed by atoms with Crippen molar-refractivity contribution in [3.8, 4) is 0 Å². The van der Waals surface area contributed by atoms with E-state index in [1.807, 2.05) is 6.07 Å². The van der Waals surface area contributed by atoms with Crippen molar-refractivity contribution in [1.29, 1.82) is 0 Å². The molecule has 26 heavy (non-hydrogen) atoms. The molecule has 3 nitrogen and oxygen atoms in total. The highest BCUT2D eigenvalue weighted by atomic mass is 79.9. The summed E-state index contributed by atoms with van der Waals surface area (Å²) in [5, 5.41) is 5.83. The largest absolute Gasteiger partial charge is 0.337 e. The summed E-state index contributed by atoms with van der Waals surface area (Å²) in [5.41, 5.74) is 1.78. The quantitative estimate of drug-likeness (QED) is 0.520. The number of carbonyl (C=O) groups is 1. The number of urea groups is 1. The van der Waals surface area contributed by atoms with Crippen LogP contribution in [0.25, 0.3) is 0 Å². The molecular weight excluding hydrogens is 463 g/mol. The van der Waals surface area contributed by atoms with Gasteiger partial charge >= 0.3 is 6.03 Å². The van der Waals surface area contributed by atoms with E-state index in [0.29, 0.717) is 21.2 Å². The predicted octanol–water partition coefficient (Wildman–Crippen LogP) is 6.37. The van der Waals surface area contributed by atoms with Gasteiger partial charge in [0.05, 0.1) is 5.69 Å². The van der Waals surface area contributed by atoms with Crippen LogP contribution >= 0.6 is 31.9 Å². The molecule has 3 rings (SSSR count). The minimum Gasteiger partial charge on any atom is -0.337 e. The molecule has 0 saturated heterocycles. The molecule has 0 atom stereocenters. The van der Waals surface area contributed by atoms with Crippen LogP contribution < -0.4 is 10.6 Å². The third kappa shape index (κ3) is 4.46. The van der Waals surface area contributed by atoms with Crippen LogP contribution in [0, 0.1) is 5.82 Å². The minimum absolute atomic E-state index is 0.0197. The third-order valence-electron chi connectivity index (χ3n) is 5.03. The van der Waals surface area contributed by atoms with Crippen molar-refractivity contribution in [1.82, 2.24) is 5.32 Å². The van der Waals surface area contributed by atoms with E-state index in [9.17, 15) is 9.18 Å². The van der Waals surface area contributed by atoms with Gasteiger partial charge in [0.25, 0.3) is 0 Å². The summed E-state index contributed by atoms with van der Waals surface area (Å²) < 4.78 is 14.4. The molecule has 1 aliphatic carbocycles. The number of nitrogens with one attached hydrogen (secondary N) is 2. The molecule has 0 spiro atoms. The average Bonchev–Trinajstić information content (AvgIpc) is 2.64. The molecule has 0 aromatic heterocycles. The van der Waals surface area contributed by atoms with E-state index >= 15 is 0 Å². The molecule has 2 N–H and O–H groups in total. The van der Waals surface area contributed by atoms with Crippen LogP contribution in [0.15, 0.2) is 51.4 Å². The number of rotatable bonds is 4. The molecule has 0 bridgehead atoms. The first-order valence-electron chi connectivity index (χ1n) is 8.75. The maximum absolute atomic E-state index is 13.4. The van der Waals surface area contributed by atoms with Crippen molar-refractivity contribution < 1.29 is 9.18 Å². The first-order valence-corrected chi connectivity index (χ1v) is 10.3. The van der Waals surface area contributed by atoms with Crippen molar-refractivity contribution in [3.05, 3.63) is 62.8 Å². The number of anilines is 1. The average molecular weight is 484 g/mol. The van der Waals surface area contributed by atoms with Crippen LogP contribution in [-0.2, 0) is 5.41 Å². The molecule has 1 aliphatic rings. The topological polar surface area (TPSA) is 41.1 Å². The summed E-state index contributed by atoms with van der Waals surface area (Å²) in [5.74, 6) is -0.375. The molecule has 0 aliphatic heterocycles. The Labute approximate surface area is 170 Å². The summed E-state index contributed by atoms with van der Waals surface area (Å²) in [6.07, 6.45) is 5.74. The molecule has 1 saturated carbocycles. The Bertz CT molecular complexity index is 754. The summed E-state index contributed by atoms with van der Waals surface area (Å²) in [7, 11) is 0. The van der Waals surface area contributed by atoms with Gasteiger partial charge in [-0.25, -0.2) is 9.18 Å². The van der Waals surface area contributed by atoms with Crippen LogP contribution in [0.4, 0.5) is 14.9 Å². The lowest BCUT2D eigenvalue weighted by Gasteiger charge is -2.38. The van der Waals surface area contributed by atoms with Crippen molar-refractivity contribution in [2.45, 2.75) is 37.5 Å². The first kappa shape index (κ1) is 19.4. The zero-order chi connectivity index (χ0) is 18.6. The second-order valence-corrected chi connectivity index (χ2v) is 8.47. The summed E-state index contributed by atoms with van der Waals surface area (Å²) in [6.45, 7) is 0.583. The van der Waals surface area contributed by atoms with E-state index in [0.717, 1.165) is 12.8 Å². The van der Waals surface area contributed by atoms with E-state index in [1.165, 1.54) is 37.0 Å². The van der Waals surface area contributed by atoms with Gasteiger partial charge < -0.3 is 10.6 Å². The Kier molecular flexibility index (Phi) is 6.35. The van der Waals surface area contributed by atoms with Crippen molar-refractivity contribution in [2.75, 3.05) is 11.9 Å². The predicted molar refractivity (Wildman–Crippen MR) is 110 cm³/mol. The highest BCUT2D eigenvalue weighted by molar-refractivity contribution is 9.11. The van der Waals surface area contributed by atoms with Gasteiger partial charge in [-0.2, -0.15) is 0 Å². The Morgan fingerprint density at radius 1 is 1.04 bits per heavy atom. The SMILES string of the molecule is O=C(NCC1(c2ccccc2)CCCCC1)Nc1c(Br)cc(F)cc1Br. The van der Waals surface area contributed by atoms with E-state index < -0.39 is 0 Å². The lowest BCUT2D eigenvalue weighted by molar-refractivity contribution is 0.240. The van der Waals surface area contributed by atoms with Crippen molar-refractivity contribution >= 4 is 43.6 Å². The highest BCUT2D eigenvalue weighted by Crippen LogP contribution is 2.39. The number of hydrogen-bond donors (Lipinski definition) is 2. The van der Waals surface area contributed by atoms with Gasteiger partial charge in [-0.05, 0) is 62.4 Å². The van der Waals surface area contributed by atoms with E-state index in [1.54, 1.807) is 0 Å². The van der Waals surface area contributed by atoms with E-state index in [2.05, 4.69) is 66.8 Å². The Morgan fingerprint density at radius 3 is 2.27 bits per heavy atom. The molecule has 6 heteroatoms.